The summed E-state index contributed by atoms with van der Waals surface area (Å²) in [5.41, 5.74) is 6.41. The Morgan fingerprint density at radius 2 is 1.78 bits per heavy atom. The molecule has 3 aromatic carbocycles. The lowest BCUT2D eigenvalue weighted by molar-refractivity contribution is 0.0950. The second-order valence-corrected chi connectivity index (χ2v) is 8.38. The Bertz CT molecular complexity index is 1100. The van der Waals surface area contributed by atoms with Gasteiger partial charge in [-0.05, 0) is 54.0 Å². The molecule has 0 aromatic heterocycles. The first-order valence-corrected chi connectivity index (χ1v) is 11.3. The number of aryl methyl sites for hydroxylation is 1. The summed E-state index contributed by atoms with van der Waals surface area (Å²) in [7, 11) is 0. The van der Waals surface area contributed by atoms with Crippen LogP contribution >= 0.6 is 0 Å². The van der Waals surface area contributed by atoms with E-state index in [1.54, 1.807) is 0 Å². The highest BCUT2D eigenvalue weighted by Gasteiger charge is 2.19. The summed E-state index contributed by atoms with van der Waals surface area (Å²) in [6, 6.07) is 24.4. The quantitative estimate of drug-likeness (QED) is 0.381. The van der Waals surface area contributed by atoms with Crippen LogP contribution in [0.3, 0.4) is 0 Å². The van der Waals surface area contributed by atoms with Gasteiger partial charge in [-0.2, -0.15) is 0 Å². The highest BCUT2D eigenvalue weighted by Crippen LogP contribution is 2.25. The normalized spacial score (nSPS) is 13.2. The molecule has 4 heteroatoms. The van der Waals surface area contributed by atoms with E-state index in [0.717, 1.165) is 56.4 Å². The number of carbonyl (C=O) groups excluding carboxylic acids is 1. The van der Waals surface area contributed by atoms with Gasteiger partial charge in [0.2, 0.25) is 0 Å². The molecule has 4 rings (SSSR count). The molecule has 3 aromatic rings. The Morgan fingerprint density at radius 1 is 0.969 bits per heavy atom. The molecular formula is C28H29N3O. The third-order valence-corrected chi connectivity index (χ3v) is 6.09. The van der Waals surface area contributed by atoms with Gasteiger partial charge in [0.05, 0.1) is 6.57 Å². The van der Waals surface area contributed by atoms with Gasteiger partial charge in [0.25, 0.3) is 5.91 Å². The van der Waals surface area contributed by atoms with Crippen molar-refractivity contribution in [2.75, 3.05) is 13.1 Å². The molecule has 0 spiro atoms. The number of benzene rings is 3. The van der Waals surface area contributed by atoms with Crippen molar-refractivity contribution in [2.24, 2.45) is 0 Å². The molecule has 1 amide bonds. The lowest BCUT2D eigenvalue weighted by atomic mass is 9.98. The van der Waals surface area contributed by atoms with Crippen molar-refractivity contribution in [1.29, 1.82) is 0 Å². The van der Waals surface area contributed by atoms with Crippen molar-refractivity contribution in [3.63, 3.8) is 0 Å². The monoisotopic (exact) mass is 423 g/mol. The zero-order chi connectivity index (χ0) is 22.2. The molecule has 0 unspecified atom stereocenters. The third kappa shape index (κ3) is 5.63. The van der Waals surface area contributed by atoms with Gasteiger partial charge in [0.1, 0.15) is 0 Å². The average molecular weight is 424 g/mol. The fraction of sp³-hybridized carbons (Fsp3) is 0.286. The van der Waals surface area contributed by atoms with E-state index in [1.807, 2.05) is 36.4 Å². The molecule has 0 aliphatic carbocycles. The van der Waals surface area contributed by atoms with Crippen molar-refractivity contribution >= 4 is 11.6 Å². The van der Waals surface area contributed by atoms with Crippen molar-refractivity contribution in [2.45, 2.75) is 38.8 Å². The number of fused-ring (bicyclic) bond motifs is 1. The summed E-state index contributed by atoms with van der Waals surface area (Å²) < 4.78 is 0. The highest BCUT2D eigenvalue weighted by molar-refractivity contribution is 5.95. The second-order valence-electron chi connectivity index (χ2n) is 8.38. The van der Waals surface area contributed by atoms with Gasteiger partial charge >= 0.3 is 0 Å². The van der Waals surface area contributed by atoms with Gasteiger partial charge in [-0.25, -0.2) is 4.85 Å². The van der Waals surface area contributed by atoms with Crippen LogP contribution in [-0.2, 0) is 25.9 Å². The number of rotatable bonds is 8. The standard InChI is InChI=1S/C28H29N3O/c1-29-26-15-14-23-16-18-31(21-25(23)19-26)20-24-12-5-6-13-27(24)28(32)30-17-8-7-11-22-9-3-2-4-10-22/h2-6,9-10,12-15,19H,7-8,11,16-18,20-21H2,(H,30,32). The summed E-state index contributed by atoms with van der Waals surface area (Å²) in [6.07, 6.45) is 4.04. The topological polar surface area (TPSA) is 36.7 Å². The molecule has 0 saturated heterocycles. The van der Waals surface area contributed by atoms with Gasteiger partial charge < -0.3 is 5.32 Å². The van der Waals surface area contributed by atoms with Crippen LogP contribution in [0.4, 0.5) is 5.69 Å². The van der Waals surface area contributed by atoms with Crippen molar-refractivity contribution < 1.29 is 4.79 Å². The second kappa shape index (κ2) is 10.7. The minimum Gasteiger partial charge on any atom is -0.352 e. The van der Waals surface area contributed by atoms with E-state index in [-0.39, 0.29) is 5.91 Å². The highest BCUT2D eigenvalue weighted by atomic mass is 16.1. The Kier molecular flexibility index (Phi) is 7.32. The van der Waals surface area contributed by atoms with E-state index in [4.69, 9.17) is 6.57 Å². The molecule has 1 aliphatic rings. The number of nitrogens with zero attached hydrogens (tertiary/aromatic N) is 2. The lowest BCUT2D eigenvalue weighted by Crippen LogP contribution is -2.31. The third-order valence-electron chi connectivity index (χ3n) is 6.09. The maximum atomic E-state index is 12.9. The van der Waals surface area contributed by atoms with Gasteiger partial charge in [0, 0.05) is 31.7 Å². The molecule has 1 N–H and O–H groups in total. The van der Waals surface area contributed by atoms with Gasteiger partial charge in [0.15, 0.2) is 5.69 Å². The fourth-order valence-corrected chi connectivity index (χ4v) is 4.32. The fourth-order valence-electron chi connectivity index (χ4n) is 4.32. The molecule has 1 aliphatic heterocycles. The Hall–Kier alpha value is -3.42. The maximum Gasteiger partial charge on any atom is 0.251 e. The number of carbonyl (C=O) groups is 1. The van der Waals surface area contributed by atoms with E-state index >= 15 is 0 Å². The first-order valence-electron chi connectivity index (χ1n) is 11.3. The first-order chi connectivity index (χ1) is 15.7. The van der Waals surface area contributed by atoms with Crippen molar-refractivity contribution in [3.8, 4) is 0 Å². The summed E-state index contributed by atoms with van der Waals surface area (Å²) >= 11 is 0. The Morgan fingerprint density at radius 3 is 2.62 bits per heavy atom. The van der Waals surface area contributed by atoms with Crippen LogP contribution in [0.5, 0.6) is 0 Å². The summed E-state index contributed by atoms with van der Waals surface area (Å²) in [5.74, 6) is 0.00742. The Labute approximate surface area is 190 Å². The minimum absolute atomic E-state index is 0.00742. The average Bonchev–Trinajstić information content (AvgIpc) is 2.84. The predicted molar refractivity (Wildman–Crippen MR) is 129 cm³/mol. The van der Waals surface area contributed by atoms with Crippen LogP contribution in [0.1, 0.15) is 45.5 Å². The first kappa shape index (κ1) is 21.8. The molecular weight excluding hydrogens is 394 g/mol. The molecule has 32 heavy (non-hydrogen) atoms. The summed E-state index contributed by atoms with van der Waals surface area (Å²) in [5, 5.41) is 3.10. The molecule has 0 saturated carbocycles. The van der Waals surface area contributed by atoms with E-state index in [2.05, 4.69) is 51.5 Å². The molecule has 4 nitrogen and oxygen atoms in total. The zero-order valence-corrected chi connectivity index (χ0v) is 18.4. The predicted octanol–water partition coefficient (Wildman–Crippen LogP) is 5.55. The smallest absolute Gasteiger partial charge is 0.251 e. The number of unbranched alkanes of at least 4 members (excludes halogenated alkanes) is 1. The molecule has 0 atom stereocenters. The molecule has 0 fully saturated rings. The maximum absolute atomic E-state index is 12.9. The van der Waals surface area contributed by atoms with Crippen LogP contribution < -0.4 is 5.32 Å². The van der Waals surface area contributed by atoms with E-state index in [0.29, 0.717) is 12.2 Å². The number of hydrogen-bond donors (Lipinski definition) is 1. The van der Waals surface area contributed by atoms with Gasteiger partial charge in [-0.1, -0.05) is 66.7 Å². The zero-order valence-electron chi connectivity index (χ0n) is 18.4. The molecule has 0 bridgehead atoms. The molecule has 1 heterocycles. The van der Waals surface area contributed by atoms with Gasteiger partial charge in [-0.15, -0.1) is 0 Å². The number of nitrogens with one attached hydrogen (secondary N) is 1. The Balaban J connectivity index is 1.31. The van der Waals surface area contributed by atoms with Crippen LogP contribution in [-0.4, -0.2) is 23.9 Å². The van der Waals surface area contributed by atoms with E-state index in [1.165, 1.54) is 16.7 Å². The lowest BCUT2D eigenvalue weighted by Gasteiger charge is -2.29. The van der Waals surface area contributed by atoms with Crippen molar-refractivity contribution in [1.82, 2.24) is 10.2 Å². The molecule has 0 radical (unpaired) electrons. The van der Waals surface area contributed by atoms with Gasteiger partial charge in [-0.3, -0.25) is 9.69 Å². The van der Waals surface area contributed by atoms with Crippen LogP contribution in [0.25, 0.3) is 4.85 Å². The van der Waals surface area contributed by atoms with Crippen molar-refractivity contribution in [3.05, 3.63) is 112 Å². The number of hydrogen-bond acceptors (Lipinski definition) is 2. The van der Waals surface area contributed by atoms with E-state index in [9.17, 15) is 4.79 Å². The molecule has 162 valence electrons. The number of amides is 1. The van der Waals surface area contributed by atoms with Crippen LogP contribution in [0, 0.1) is 6.57 Å². The largest absolute Gasteiger partial charge is 0.352 e. The minimum atomic E-state index is 0.00742. The van der Waals surface area contributed by atoms with E-state index < -0.39 is 0 Å². The van der Waals surface area contributed by atoms with Crippen LogP contribution in [0.15, 0.2) is 72.8 Å². The van der Waals surface area contributed by atoms with Crippen LogP contribution in [0.2, 0.25) is 0 Å². The summed E-state index contributed by atoms with van der Waals surface area (Å²) in [4.78, 5) is 18.8. The summed E-state index contributed by atoms with van der Waals surface area (Å²) in [6.45, 7) is 10.5. The SMILES string of the molecule is [C-]#[N+]c1ccc2c(c1)CN(Cc1ccccc1C(=O)NCCCCc1ccccc1)CC2.